The van der Waals surface area contributed by atoms with Crippen molar-refractivity contribution >= 4 is 11.5 Å². The lowest BCUT2D eigenvalue weighted by atomic mass is 10.2. The maximum absolute atomic E-state index is 5.66. The first-order chi connectivity index (χ1) is 8.22. The normalized spacial score (nSPS) is 12.6. The summed E-state index contributed by atoms with van der Waals surface area (Å²) in [7, 11) is 2.03. The number of hydrogen-bond donors (Lipinski definition) is 1. The Hall–Kier alpha value is -1.77. The minimum atomic E-state index is 0.881. The van der Waals surface area contributed by atoms with Gasteiger partial charge < -0.3 is 10.6 Å². The van der Waals surface area contributed by atoms with E-state index in [-0.39, 0.29) is 0 Å². The molecule has 1 aromatic rings. The van der Waals surface area contributed by atoms with E-state index in [9.17, 15) is 0 Å². The van der Waals surface area contributed by atoms with Crippen LogP contribution in [0.2, 0.25) is 0 Å². The van der Waals surface area contributed by atoms with Crippen LogP contribution in [0, 0.1) is 0 Å². The summed E-state index contributed by atoms with van der Waals surface area (Å²) in [4.78, 5) is 6.77. The number of likely N-dealkylation sites (N-methyl/N-ethyl adjacent to an activating group) is 1. The zero-order chi connectivity index (χ0) is 12.7. The summed E-state index contributed by atoms with van der Waals surface area (Å²) >= 11 is 0. The van der Waals surface area contributed by atoms with Crippen molar-refractivity contribution in [2.45, 2.75) is 20.3 Å². The molecule has 2 N–H and O–H groups in total. The van der Waals surface area contributed by atoms with Gasteiger partial charge in [-0.25, -0.2) is 4.99 Å². The first-order valence-corrected chi connectivity index (χ1v) is 5.98. The Morgan fingerprint density at radius 2 is 1.94 bits per heavy atom. The van der Waals surface area contributed by atoms with Crippen molar-refractivity contribution in [1.82, 2.24) is 4.90 Å². The predicted octanol–water partition coefficient (Wildman–Crippen LogP) is 2.92. The molecule has 0 saturated heterocycles. The third-order valence-electron chi connectivity index (χ3n) is 2.70. The molecule has 0 aliphatic heterocycles. The van der Waals surface area contributed by atoms with Gasteiger partial charge in [-0.05, 0) is 25.5 Å². The summed E-state index contributed by atoms with van der Waals surface area (Å²) < 4.78 is 0. The molecule has 0 radical (unpaired) electrons. The Labute approximate surface area is 104 Å². The fourth-order valence-electron chi connectivity index (χ4n) is 1.53. The van der Waals surface area contributed by atoms with E-state index >= 15 is 0 Å². The van der Waals surface area contributed by atoms with E-state index in [1.807, 2.05) is 37.4 Å². The number of rotatable bonds is 4. The van der Waals surface area contributed by atoms with Gasteiger partial charge in [0.1, 0.15) is 5.84 Å². The molecule has 3 heteroatoms. The Kier molecular flexibility index (Phi) is 5.27. The lowest BCUT2D eigenvalue weighted by Gasteiger charge is -2.21. The molecule has 0 heterocycles. The quantitative estimate of drug-likeness (QED) is 0.639. The molecule has 92 valence electrons. The number of aliphatic imine (C=N–C) groups is 1. The highest BCUT2D eigenvalue weighted by atomic mass is 15.2. The number of amidine groups is 1. The second kappa shape index (κ2) is 6.74. The van der Waals surface area contributed by atoms with Crippen LogP contribution >= 0.6 is 0 Å². The van der Waals surface area contributed by atoms with E-state index in [0.29, 0.717) is 0 Å². The zero-order valence-corrected chi connectivity index (χ0v) is 10.9. The molecule has 0 amide bonds. The van der Waals surface area contributed by atoms with Crippen molar-refractivity contribution in [3.8, 4) is 0 Å². The van der Waals surface area contributed by atoms with Gasteiger partial charge in [-0.3, -0.25) is 0 Å². The van der Waals surface area contributed by atoms with Gasteiger partial charge >= 0.3 is 0 Å². The molecular weight excluding hydrogens is 210 g/mol. The van der Waals surface area contributed by atoms with Gasteiger partial charge in [0.25, 0.3) is 0 Å². The van der Waals surface area contributed by atoms with E-state index in [0.717, 1.165) is 30.1 Å². The molecule has 0 bridgehead atoms. The van der Waals surface area contributed by atoms with Crippen LogP contribution in [0.4, 0.5) is 5.69 Å². The summed E-state index contributed by atoms with van der Waals surface area (Å²) in [6, 6.07) is 9.95. The van der Waals surface area contributed by atoms with Crippen LogP contribution in [-0.2, 0) is 0 Å². The SMILES string of the molecule is CC/C(=C/N)C(=Nc1ccccc1)N(C)CC. The van der Waals surface area contributed by atoms with Crippen LogP contribution in [0.5, 0.6) is 0 Å². The predicted molar refractivity (Wildman–Crippen MR) is 74.4 cm³/mol. The summed E-state index contributed by atoms with van der Waals surface area (Å²) in [6.45, 7) is 5.09. The Morgan fingerprint density at radius 3 is 2.41 bits per heavy atom. The average molecular weight is 231 g/mol. The summed E-state index contributed by atoms with van der Waals surface area (Å²) in [5.74, 6) is 0.948. The Balaban J connectivity index is 3.11. The lowest BCUT2D eigenvalue weighted by Crippen LogP contribution is -2.28. The lowest BCUT2D eigenvalue weighted by molar-refractivity contribution is 0.534. The van der Waals surface area contributed by atoms with Crippen molar-refractivity contribution in [2.75, 3.05) is 13.6 Å². The van der Waals surface area contributed by atoms with E-state index in [4.69, 9.17) is 5.73 Å². The Bertz CT molecular complexity index is 393. The van der Waals surface area contributed by atoms with Gasteiger partial charge in [-0.2, -0.15) is 0 Å². The van der Waals surface area contributed by atoms with E-state index in [1.165, 1.54) is 0 Å². The molecule has 0 aromatic heterocycles. The second-order valence-corrected chi connectivity index (χ2v) is 3.83. The highest BCUT2D eigenvalue weighted by Crippen LogP contribution is 2.15. The fraction of sp³-hybridized carbons (Fsp3) is 0.357. The molecule has 0 aliphatic carbocycles. The van der Waals surface area contributed by atoms with Gasteiger partial charge in [-0.1, -0.05) is 25.1 Å². The van der Waals surface area contributed by atoms with Crippen molar-refractivity contribution in [3.05, 3.63) is 42.1 Å². The molecule has 0 atom stereocenters. The maximum Gasteiger partial charge on any atom is 0.133 e. The monoisotopic (exact) mass is 231 g/mol. The minimum absolute atomic E-state index is 0.881. The smallest absolute Gasteiger partial charge is 0.133 e. The van der Waals surface area contributed by atoms with Crippen molar-refractivity contribution in [1.29, 1.82) is 0 Å². The van der Waals surface area contributed by atoms with Crippen LogP contribution in [-0.4, -0.2) is 24.3 Å². The molecule has 0 fully saturated rings. The third kappa shape index (κ3) is 3.63. The van der Waals surface area contributed by atoms with Crippen molar-refractivity contribution in [3.63, 3.8) is 0 Å². The van der Waals surface area contributed by atoms with Crippen molar-refractivity contribution < 1.29 is 0 Å². The van der Waals surface area contributed by atoms with Gasteiger partial charge in [0.05, 0.1) is 5.69 Å². The van der Waals surface area contributed by atoms with E-state index < -0.39 is 0 Å². The van der Waals surface area contributed by atoms with Gasteiger partial charge in [0.15, 0.2) is 0 Å². The molecule has 17 heavy (non-hydrogen) atoms. The topological polar surface area (TPSA) is 41.6 Å². The molecule has 0 aliphatic rings. The zero-order valence-electron chi connectivity index (χ0n) is 10.9. The first-order valence-electron chi connectivity index (χ1n) is 5.98. The molecular formula is C14H21N3. The number of hydrogen-bond acceptors (Lipinski definition) is 2. The van der Waals surface area contributed by atoms with Crippen LogP contribution in [0.3, 0.4) is 0 Å². The van der Waals surface area contributed by atoms with E-state index in [2.05, 4.69) is 23.7 Å². The fourth-order valence-corrected chi connectivity index (χ4v) is 1.53. The van der Waals surface area contributed by atoms with Crippen molar-refractivity contribution in [2.24, 2.45) is 10.7 Å². The maximum atomic E-state index is 5.66. The summed E-state index contributed by atoms with van der Waals surface area (Å²) in [5.41, 5.74) is 7.68. The average Bonchev–Trinajstić information content (AvgIpc) is 2.39. The number of benzene rings is 1. The highest BCUT2D eigenvalue weighted by molar-refractivity contribution is 5.99. The van der Waals surface area contributed by atoms with Gasteiger partial charge in [0.2, 0.25) is 0 Å². The molecule has 1 aromatic carbocycles. The molecule has 3 nitrogen and oxygen atoms in total. The number of nitrogens with two attached hydrogens (primary N) is 1. The third-order valence-corrected chi connectivity index (χ3v) is 2.70. The van der Waals surface area contributed by atoms with Crippen LogP contribution < -0.4 is 5.73 Å². The summed E-state index contributed by atoms with van der Waals surface area (Å²) in [6.07, 6.45) is 2.53. The standard InChI is InChI=1S/C14H21N3/c1-4-12(11-15)14(17(3)5-2)16-13-9-7-6-8-10-13/h6-11H,4-5,15H2,1-3H3/b12-11-,16-14?. The molecule has 0 spiro atoms. The number of para-hydroxylation sites is 1. The minimum Gasteiger partial charge on any atom is -0.404 e. The van der Waals surface area contributed by atoms with Crippen LogP contribution in [0.15, 0.2) is 47.1 Å². The molecule has 1 rings (SSSR count). The largest absolute Gasteiger partial charge is 0.404 e. The van der Waals surface area contributed by atoms with E-state index in [1.54, 1.807) is 6.20 Å². The molecule has 0 unspecified atom stereocenters. The Morgan fingerprint density at radius 1 is 1.29 bits per heavy atom. The van der Waals surface area contributed by atoms with Gasteiger partial charge in [-0.15, -0.1) is 0 Å². The highest BCUT2D eigenvalue weighted by Gasteiger charge is 2.09. The second-order valence-electron chi connectivity index (χ2n) is 3.83. The van der Waals surface area contributed by atoms with Crippen LogP contribution in [0.25, 0.3) is 0 Å². The number of nitrogens with zero attached hydrogens (tertiary/aromatic N) is 2. The first kappa shape index (κ1) is 13.3. The van der Waals surface area contributed by atoms with Crippen LogP contribution in [0.1, 0.15) is 20.3 Å². The van der Waals surface area contributed by atoms with Gasteiger partial charge in [0, 0.05) is 25.4 Å². The molecule has 0 saturated carbocycles. The summed E-state index contributed by atoms with van der Waals surface area (Å²) in [5, 5.41) is 0.